The molecule has 34 heavy (non-hydrogen) atoms. The number of rotatable bonds is 4. The molecule has 0 spiro atoms. The molecular formula is C28H27N5O. The Kier molecular flexibility index (Phi) is 5.82. The zero-order valence-electron chi connectivity index (χ0n) is 19.6. The predicted octanol–water partition coefficient (Wildman–Crippen LogP) is 4.66. The van der Waals surface area contributed by atoms with E-state index in [-0.39, 0.29) is 5.78 Å². The first-order chi connectivity index (χ1) is 16.5. The molecule has 2 aromatic carbocycles. The zero-order chi connectivity index (χ0) is 23.7. The van der Waals surface area contributed by atoms with Gasteiger partial charge in [0.05, 0.1) is 22.8 Å². The molecule has 0 bridgehead atoms. The average molecular weight is 450 g/mol. The summed E-state index contributed by atoms with van der Waals surface area (Å²) in [7, 11) is 2.04. The number of piperidine rings is 1. The SMILES string of the molecule is Cc1nn(-c2ccccc2)cc1/C=C1/CN(C)C/C(=C/c2cn(-c3ccccc3)nc2C)C1=O. The summed E-state index contributed by atoms with van der Waals surface area (Å²) in [6.45, 7) is 5.16. The smallest absolute Gasteiger partial charge is 0.187 e. The highest BCUT2D eigenvalue weighted by atomic mass is 16.1. The van der Waals surface area contributed by atoms with Gasteiger partial charge in [-0.3, -0.25) is 9.69 Å². The fourth-order valence-electron chi connectivity index (χ4n) is 4.24. The number of nitrogens with zero attached hydrogens (tertiary/aromatic N) is 5. The van der Waals surface area contributed by atoms with Crippen LogP contribution in [0.15, 0.2) is 84.2 Å². The van der Waals surface area contributed by atoms with Crippen molar-refractivity contribution in [2.75, 3.05) is 20.1 Å². The van der Waals surface area contributed by atoms with Gasteiger partial charge >= 0.3 is 0 Å². The molecule has 0 radical (unpaired) electrons. The van der Waals surface area contributed by atoms with Crippen LogP contribution >= 0.6 is 0 Å². The van der Waals surface area contributed by atoms with Gasteiger partial charge in [-0.1, -0.05) is 36.4 Å². The van der Waals surface area contributed by atoms with Crippen LogP contribution in [-0.2, 0) is 4.79 Å². The van der Waals surface area contributed by atoms with Gasteiger partial charge in [0.25, 0.3) is 0 Å². The molecule has 2 aromatic heterocycles. The lowest BCUT2D eigenvalue weighted by atomic mass is 9.95. The first kappa shape index (κ1) is 21.8. The van der Waals surface area contributed by atoms with Crippen LogP contribution in [0.4, 0.5) is 0 Å². The molecule has 1 saturated heterocycles. The molecule has 0 saturated carbocycles. The van der Waals surface area contributed by atoms with E-state index in [4.69, 9.17) is 0 Å². The Morgan fingerprint density at radius 2 is 1.12 bits per heavy atom. The molecule has 0 amide bonds. The van der Waals surface area contributed by atoms with Crippen LogP contribution in [-0.4, -0.2) is 50.4 Å². The van der Waals surface area contributed by atoms with Crippen molar-refractivity contribution in [3.8, 4) is 11.4 Å². The minimum absolute atomic E-state index is 0.0804. The maximum absolute atomic E-state index is 13.4. The number of hydrogen-bond donors (Lipinski definition) is 0. The summed E-state index contributed by atoms with van der Waals surface area (Å²) in [5, 5.41) is 9.28. The molecule has 1 aliphatic heterocycles. The van der Waals surface area contributed by atoms with E-state index in [1.54, 1.807) is 0 Å². The van der Waals surface area contributed by atoms with Crippen molar-refractivity contribution in [1.29, 1.82) is 0 Å². The second-order valence-electron chi connectivity index (χ2n) is 8.74. The molecule has 3 heterocycles. The van der Waals surface area contributed by atoms with Gasteiger partial charge in [0, 0.05) is 47.8 Å². The molecule has 5 rings (SSSR count). The Labute approximate surface area is 199 Å². The normalized spacial score (nSPS) is 17.1. The van der Waals surface area contributed by atoms with Crippen LogP contribution in [0.5, 0.6) is 0 Å². The van der Waals surface area contributed by atoms with Gasteiger partial charge in [-0.15, -0.1) is 0 Å². The highest BCUT2D eigenvalue weighted by Crippen LogP contribution is 2.24. The van der Waals surface area contributed by atoms with Crippen LogP contribution in [0.1, 0.15) is 22.5 Å². The van der Waals surface area contributed by atoms with Gasteiger partial charge in [0.2, 0.25) is 0 Å². The van der Waals surface area contributed by atoms with Crippen molar-refractivity contribution >= 4 is 17.9 Å². The van der Waals surface area contributed by atoms with Crippen LogP contribution in [0.2, 0.25) is 0 Å². The van der Waals surface area contributed by atoms with E-state index in [1.165, 1.54) is 0 Å². The Morgan fingerprint density at radius 1 is 0.706 bits per heavy atom. The monoisotopic (exact) mass is 449 g/mol. The summed E-state index contributed by atoms with van der Waals surface area (Å²) in [4.78, 5) is 15.6. The van der Waals surface area contributed by atoms with Crippen molar-refractivity contribution in [2.24, 2.45) is 0 Å². The van der Waals surface area contributed by atoms with Gasteiger partial charge in [-0.25, -0.2) is 9.36 Å². The first-order valence-corrected chi connectivity index (χ1v) is 11.4. The van der Waals surface area contributed by atoms with Gasteiger partial charge in [0.15, 0.2) is 5.78 Å². The number of aromatic nitrogens is 4. The zero-order valence-corrected chi connectivity index (χ0v) is 19.6. The molecule has 1 aliphatic rings. The molecule has 0 unspecified atom stereocenters. The van der Waals surface area contributed by atoms with E-state index in [1.807, 2.05) is 115 Å². The quantitative estimate of drug-likeness (QED) is 0.426. The lowest BCUT2D eigenvalue weighted by Gasteiger charge is -2.26. The fourth-order valence-corrected chi connectivity index (χ4v) is 4.24. The van der Waals surface area contributed by atoms with E-state index in [0.717, 1.165) is 45.0 Å². The highest BCUT2D eigenvalue weighted by Gasteiger charge is 2.25. The Hall–Kier alpha value is -4.03. The van der Waals surface area contributed by atoms with Crippen molar-refractivity contribution in [3.63, 3.8) is 0 Å². The molecule has 170 valence electrons. The van der Waals surface area contributed by atoms with Gasteiger partial charge < -0.3 is 0 Å². The molecular weight excluding hydrogens is 422 g/mol. The third-order valence-corrected chi connectivity index (χ3v) is 6.04. The third-order valence-electron chi connectivity index (χ3n) is 6.04. The minimum atomic E-state index is 0.0804. The van der Waals surface area contributed by atoms with Crippen LogP contribution in [0.3, 0.4) is 0 Å². The van der Waals surface area contributed by atoms with E-state index >= 15 is 0 Å². The minimum Gasteiger partial charge on any atom is -0.298 e. The van der Waals surface area contributed by atoms with Crippen LogP contribution in [0.25, 0.3) is 23.5 Å². The first-order valence-electron chi connectivity index (χ1n) is 11.4. The highest BCUT2D eigenvalue weighted by molar-refractivity contribution is 6.14. The summed E-state index contributed by atoms with van der Waals surface area (Å²) in [6.07, 6.45) is 7.93. The van der Waals surface area contributed by atoms with E-state index < -0.39 is 0 Å². The average Bonchev–Trinajstić information content (AvgIpc) is 3.40. The van der Waals surface area contributed by atoms with Crippen molar-refractivity contribution < 1.29 is 4.79 Å². The summed E-state index contributed by atoms with van der Waals surface area (Å²) >= 11 is 0. The maximum Gasteiger partial charge on any atom is 0.187 e. The number of likely N-dealkylation sites (N-methyl/N-ethyl adjacent to an activating group) is 1. The van der Waals surface area contributed by atoms with E-state index in [2.05, 4.69) is 15.1 Å². The number of aryl methyl sites for hydroxylation is 2. The van der Waals surface area contributed by atoms with Gasteiger partial charge in [-0.05, 0) is 57.3 Å². The number of para-hydroxylation sites is 2. The maximum atomic E-state index is 13.4. The number of Topliss-reactive ketones (excluding diaryl/α,β-unsaturated/α-hetero) is 1. The van der Waals surface area contributed by atoms with E-state index in [0.29, 0.717) is 13.1 Å². The Balaban J connectivity index is 1.46. The van der Waals surface area contributed by atoms with Crippen LogP contribution in [0, 0.1) is 13.8 Å². The molecule has 1 fully saturated rings. The third kappa shape index (κ3) is 4.40. The second kappa shape index (κ2) is 9.08. The van der Waals surface area contributed by atoms with Gasteiger partial charge in [-0.2, -0.15) is 10.2 Å². The molecule has 6 nitrogen and oxygen atoms in total. The Morgan fingerprint density at radius 3 is 1.53 bits per heavy atom. The number of carbonyl (C=O) groups excluding carboxylic acids is 1. The van der Waals surface area contributed by atoms with Gasteiger partial charge in [0.1, 0.15) is 0 Å². The van der Waals surface area contributed by atoms with Crippen molar-refractivity contribution in [3.05, 3.63) is 107 Å². The number of ketones is 1. The second-order valence-corrected chi connectivity index (χ2v) is 8.74. The lowest BCUT2D eigenvalue weighted by Crippen LogP contribution is -2.34. The van der Waals surface area contributed by atoms with Crippen molar-refractivity contribution in [1.82, 2.24) is 24.5 Å². The fraction of sp³-hybridized carbons (Fsp3) is 0.179. The largest absolute Gasteiger partial charge is 0.298 e. The molecule has 6 heteroatoms. The van der Waals surface area contributed by atoms with Crippen LogP contribution < -0.4 is 0 Å². The molecule has 0 aliphatic carbocycles. The molecule has 4 aromatic rings. The molecule has 0 N–H and O–H groups in total. The standard InChI is InChI=1S/C28H27N5O/c1-20-22(18-32(29-20)26-10-6-4-7-11-26)14-24-16-31(3)17-25(28(24)34)15-23-19-33(30-21(23)2)27-12-8-5-9-13-27/h4-15,18-19H,16-17H2,1-3H3/b24-14-,25-15-. The van der Waals surface area contributed by atoms with E-state index in [9.17, 15) is 4.79 Å². The Bertz CT molecular complexity index is 1290. The number of benzene rings is 2. The van der Waals surface area contributed by atoms with Crippen molar-refractivity contribution in [2.45, 2.75) is 13.8 Å². The topological polar surface area (TPSA) is 56.0 Å². The summed E-state index contributed by atoms with van der Waals surface area (Å²) in [6, 6.07) is 20.0. The number of hydrogen-bond acceptors (Lipinski definition) is 4. The number of carbonyl (C=O) groups is 1. The number of likely N-dealkylation sites (tertiary alicyclic amines) is 1. The summed E-state index contributed by atoms with van der Waals surface area (Å²) in [5.41, 5.74) is 7.21. The lowest BCUT2D eigenvalue weighted by molar-refractivity contribution is -0.113. The summed E-state index contributed by atoms with van der Waals surface area (Å²) in [5.74, 6) is 0.0804. The predicted molar refractivity (Wildman–Crippen MR) is 135 cm³/mol. The summed E-state index contributed by atoms with van der Waals surface area (Å²) < 4.78 is 3.72. The molecule has 0 atom stereocenters.